The van der Waals surface area contributed by atoms with Gasteiger partial charge in [-0.05, 0) is 60.9 Å². The van der Waals surface area contributed by atoms with E-state index in [-0.39, 0.29) is 16.1 Å². The van der Waals surface area contributed by atoms with Crippen LogP contribution in [0.3, 0.4) is 0 Å². The summed E-state index contributed by atoms with van der Waals surface area (Å²) in [6.07, 6.45) is 3.36. The van der Waals surface area contributed by atoms with Crippen LogP contribution in [0, 0.1) is 13.7 Å². The number of anilines is 1. The van der Waals surface area contributed by atoms with Crippen LogP contribution in [-0.2, 0) is 0 Å². The van der Waals surface area contributed by atoms with E-state index in [1.165, 1.54) is 6.42 Å². The lowest BCUT2D eigenvalue weighted by atomic mass is 9.78. The Morgan fingerprint density at radius 3 is 2.69 bits per heavy atom. The van der Waals surface area contributed by atoms with E-state index >= 15 is 0 Å². The average Bonchev–Trinajstić information content (AvgIpc) is 2.18. The van der Waals surface area contributed by atoms with E-state index in [0.717, 1.165) is 16.4 Å². The molecule has 1 aliphatic carbocycles. The molecule has 0 spiro atoms. The zero-order valence-electron chi connectivity index (χ0n) is 9.00. The summed E-state index contributed by atoms with van der Waals surface area (Å²) >= 11 is 2.08. The minimum Gasteiger partial charge on any atom is -0.374 e. The van der Waals surface area contributed by atoms with Crippen LogP contribution in [0.1, 0.15) is 26.2 Å². The Labute approximate surface area is 108 Å². The lowest BCUT2D eigenvalue weighted by Crippen LogP contribution is -2.41. The Morgan fingerprint density at radius 2 is 2.19 bits per heavy atom. The van der Waals surface area contributed by atoms with Gasteiger partial charge in [0.25, 0.3) is 5.69 Å². The van der Waals surface area contributed by atoms with Crippen molar-refractivity contribution >= 4 is 34.0 Å². The molecule has 0 aliphatic heterocycles. The molecule has 0 amide bonds. The van der Waals surface area contributed by atoms with Crippen molar-refractivity contribution in [3.63, 3.8) is 0 Å². The van der Waals surface area contributed by atoms with Crippen LogP contribution in [-0.4, -0.2) is 10.5 Å². The van der Waals surface area contributed by atoms with E-state index in [1.807, 2.05) is 6.07 Å². The molecule has 0 unspecified atom stereocenters. The third kappa shape index (κ3) is 2.28. The Hall–Kier alpha value is -0.850. The molecule has 0 heterocycles. The van der Waals surface area contributed by atoms with Crippen LogP contribution in [0.25, 0.3) is 0 Å². The number of hydrogen-bond acceptors (Lipinski definition) is 3. The third-order valence-electron chi connectivity index (χ3n) is 3.05. The fourth-order valence-corrected chi connectivity index (χ4v) is 2.39. The van der Waals surface area contributed by atoms with Gasteiger partial charge < -0.3 is 5.32 Å². The zero-order chi connectivity index (χ0) is 11.8. The van der Waals surface area contributed by atoms with Crippen LogP contribution in [0.5, 0.6) is 0 Å². The normalized spacial score (nSPS) is 17.6. The molecule has 1 saturated carbocycles. The van der Waals surface area contributed by atoms with Gasteiger partial charge in [0.05, 0.1) is 4.92 Å². The highest BCUT2D eigenvalue weighted by Gasteiger charge is 2.33. The van der Waals surface area contributed by atoms with E-state index in [2.05, 4.69) is 34.8 Å². The largest absolute Gasteiger partial charge is 0.374 e. The third-order valence-corrected chi connectivity index (χ3v) is 3.72. The number of nitrogens with zero attached hydrogens (tertiary/aromatic N) is 1. The number of nitro groups is 1. The molecule has 1 N–H and O–H groups in total. The van der Waals surface area contributed by atoms with Gasteiger partial charge in [-0.2, -0.15) is 0 Å². The Morgan fingerprint density at radius 1 is 1.50 bits per heavy atom. The minimum atomic E-state index is -0.327. The molecular formula is C11H13IN2O2. The van der Waals surface area contributed by atoms with Crippen LogP contribution in [0.15, 0.2) is 18.2 Å². The van der Waals surface area contributed by atoms with Crippen LogP contribution in [0.4, 0.5) is 11.4 Å². The fraction of sp³-hybridized carbons (Fsp3) is 0.455. The first-order chi connectivity index (χ1) is 7.50. The fourth-order valence-electron chi connectivity index (χ4n) is 1.92. The standard InChI is InChI=1S/C11H13IN2O2/c1-11(5-2-6-11)13-9-4-3-8(12)7-10(9)14(15)16/h3-4,7,13H,2,5-6H2,1H3. The lowest BCUT2D eigenvalue weighted by molar-refractivity contribution is -0.384. The molecule has 1 fully saturated rings. The molecule has 0 aromatic heterocycles. The first kappa shape index (κ1) is 11.6. The van der Waals surface area contributed by atoms with Crippen molar-refractivity contribution in [1.29, 1.82) is 0 Å². The summed E-state index contributed by atoms with van der Waals surface area (Å²) in [5, 5.41) is 14.2. The second kappa shape index (κ2) is 4.20. The number of nitrogens with one attached hydrogen (secondary N) is 1. The van der Waals surface area contributed by atoms with Crippen LogP contribution < -0.4 is 5.32 Å². The smallest absolute Gasteiger partial charge is 0.293 e. The van der Waals surface area contributed by atoms with Gasteiger partial charge in [0.15, 0.2) is 0 Å². The van der Waals surface area contributed by atoms with E-state index in [0.29, 0.717) is 5.69 Å². The molecule has 5 heteroatoms. The molecule has 0 atom stereocenters. The van der Waals surface area contributed by atoms with Gasteiger partial charge in [-0.15, -0.1) is 0 Å². The Bertz CT molecular complexity index is 430. The summed E-state index contributed by atoms with van der Waals surface area (Å²) in [6, 6.07) is 5.28. The van der Waals surface area contributed by atoms with E-state index < -0.39 is 0 Å². The topological polar surface area (TPSA) is 55.2 Å². The highest BCUT2D eigenvalue weighted by Crippen LogP contribution is 2.37. The number of hydrogen-bond donors (Lipinski definition) is 1. The molecule has 86 valence electrons. The summed E-state index contributed by atoms with van der Waals surface area (Å²) in [4.78, 5) is 10.6. The van der Waals surface area contributed by atoms with Gasteiger partial charge in [0.2, 0.25) is 0 Å². The maximum Gasteiger partial charge on any atom is 0.293 e. The highest BCUT2D eigenvalue weighted by atomic mass is 127. The SMILES string of the molecule is CC1(Nc2ccc(I)cc2[N+](=O)[O-])CCC1. The Kier molecular flexibility index (Phi) is 3.05. The van der Waals surface area contributed by atoms with Crippen molar-refractivity contribution in [3.8, 4) is 0 Å². The highest BCUT2D eigenvalue weighted by molar-refractivity contribution is 14.1. The Balaban J connectivity index is 2.29. The molecule has 0 saturated heterocycles. The van der Waals surface area contributed by atoms with Gasteiger partial charge in [-0.25, -0.2) is 0 Å². The van der Waals surface area contributed by atoms with Crippen molar-refractivity contribution in [2.24, 2.45) is 0 Å². The predicted molar refractivity (Wildman–Crippen MR) is 71.7 cm³/mol. The summed E-state index contributed by atoms with van der Waals surface area (Å²) in [5.74, 6) is 0. The second-order valence-corrected chi connectivity index (χ2v) is 5.70. The van der Waals surface area contributed by atoms with Gasteiger partial charge in [0.1, 0.15) is 5.69 Å². The molecule has 0 radical (unpaired) electrons. The van der Waals surface area contributed by atoms with E-state index in [4.69, 9.17) is 0 Å². The molecule has 0 bridgehead atoms. The predicted octanol–water partition coefficient (Wildman–Crippen LogP) is 3.55. The zero-order valence-corrected chi connectivity index (χ0v) is 11.2. The van der Waals surface area contributed by atoms with Crippen LogP contribution in [0.2, 0.25) is 0 Å². The first-order valence-electron chi connectivity index (χ1n) is 5.22. The van der Waals surface area contributed by atoms with Crippen molar-refractivity contribution in [1.82, 2.24) is 0 Å². The number of nitro benzene ring substituents is 1. The summed E-state index contributed by atoms with van der Waals surface area (Å²) in [5.41, 5.74) is 0.838. The molecule has 1 aromatic rings. The van der Waals surface area contributed by atoms with Crippen molar-refractivity contribution < 1.29 is 4.92 Å². The van der Waals surface area contributed by atoms with E-state index in [1.54, 1.807) is 12.1 Å². The number of halogens is 1. The number of rotatable bonds is 3. The molecule has 4 nitrogen and oxygen atoms in total. The maximum atomic E-state index is 10.9. The summed E-state index contributed by atoms with van der Waals surface area (Å²) in [6.45, 7) is 2.11. The quantitative estimate of drug-likeness (QED) is 0.523. The van der Waals surface area contributed by atoms with Gasteiger partial charge >= 0.3 is 0 Å². The van der Waals surface area contributed by atoms with Crippen molar-refractivity contribution in [2.45, 2.75) is 31.7 Å². The molecule has 16 heavy (non-hydrogen) atoms. The van der Waals surface area contributed by atoms with Crippen molar-refractivity contribution in [3.05, 3.63) is 31.9 Å². The van der Waals surface area contributed by atoms with Gasteiger partial charge in [-0.3, -0.25) is 10.1 Å². The average molecular weight is 332 g/mol. The first-order valence-corrected chi connectivity index (χ1v) is 6.30. The van der Waals surface area contributed by atoms with Crippen LogP contribution >= 0.6 is 22.6 Å². The molecule has 2 rings (SSSR count). The monoisotopic (exact) mass is 332 g/mol. The maximum absolute atomic E-state index is 10.9. The number of benzene rings is 1. The van der Waals surface area contributed by atoms with Gasteiger partial charge in [0, 0.05) is 15.2 Å². The minimum absolute atomic E-state index is 0.0392. The summed E-state index contributed by atoms with van der Waals surface area (Å²) < 4.78 is 0.883. The van der Waals surface area contributed by atoms with Crippen molar-refractivity contribution in [2.75, 3.05) is 5.32 Å². The second-order valence-electron chi connectivity index (χ2n) is 4.46. The van der Waals surface area contributed by atoms with Gasteiger partial charge in [-0.1, -0.05) is 0 Å². The van der Waals surface area contributed by atoms with E-state index in [9.17, 15) is 10.1 Å². The molecular weight excluding hydrogens is 319 g/mol. The molecule has 1 aliphatic rings. The lowest BCUT2D eigenvalue weighted by Gasteiger charge is -2.39. The summed E-state index contributed by atoms with van der Waals surface area (Å²) in [7, 11) is 0. The molecule has 1 aromatic carbocycles.